The summed E-state index contributed by atoms with van der Waals surface area (Å²) in [5.41, 5.74) is 2.00. The van der Waals surface area contributed by atoms with Gasteiger partial charge in [-0.15, -0.1) is 0 Å². The molecule has 130 valence electrons. The minimum Gasteiger partial charge on any atom is -0.454 e. The van der Waals surface area contributed by atoms with Gasteiger partial charge < -0.3 is 29.6 Å². The molecule has 0 bridgehead atoms. The first-order chi connectivity index (χ1) is 12.3. The largest absolute Gasteiger partial charge is 0.454 e. The molecule has 0 unspecified atom stereocenters. The molecule has 4 rings (SSSR count). The number of rotatable bonds is 6. The molecule has 0 saturated heterocycles. The van der Waals surface area contributed by atoms with E-state index < -0.39 is 0 Å². The van der Waals surface area contributed by atoms with Gasteiger partial charge in [0.2, 0.25) is 19.5 Å². The zero-order chi connectivity index (χ0) is 17.1. The Bertz CT molecular complexity index is 793. The van der Waals surface area contributed by atoms with Gasteiger partial charge in [0.05, 0.1) is 6.54 Å². The van der Waals surface area contributed by atoms with Gasteiger partial charge in [-0.3, -0.25) is 4.79 Å². The van der Waals surface area contributed by atoms with Gasteiger partial charge in [-0.2, -0.15) is 0 Å². The van der Waals surface area contributed by atoms with E-state index in [4.69, 9.17) is 18.9 Å². The second-order valence-corrected chi connectivity index (χ2v) is 5.76. The lowest BCUT2D eigenvalue weighted by atomic mass is 10.2. The predicted molar refractivity (Wildman–Crippen MR) is 88.7 cm³/mol. The van der Waals surface area contributed by atoms with E-state index in [1.165, 1.54) is 0 Å². The number of fused-ring (bicyclic) bond motifs is 2. The fraction of sp³-hybridized carbons (Fsp3) is 0.278. The molecule has 0 radical (unpaired) electrons. The number of ether oxygens (including phenoxy) is 4. The van der Waals surface area contributed by atoms with Crippen LogP contribution < -0.4 is 29.6 Å². The Morgan fingerprint density at radius 3 is 2.00 bits per heavy atom. The highest BCUT2D eigenvalue weighted by Crippen LogP contribution is 2.33. The van der Waals surface area contributed by atoms with Gasteiger partial charge in [-0.25, -0.2) is 0 Å². The van der Waals surface area contributed by atoms with Crippen molar-refractivity contribution in [3.63, 3.8) is 0 Å². The zero-order valence-corrected chi connectivity index (χ0v) is 13.5. The van der Waals surface area contributed by atoms with Gasteiger partial charge in [0.15, 0.2) is 23.0 Å². The predicted octanol–water partition coefficient (Wildman–Crippen LogP) is 1.55. The lowest BCUT2D eigenvalue weighted by Gasteiger charge is -2.08. The minimum atomic E-state index is -0.0709. The van der Waals surface area contributed by atoms with Crippen molar-refractivity contribution in [2.45, 2.75) is 13.1 Å². The van der Waals surface area contributed by atoms with Crippen LogP contribution in [-0.2, 0) is 17.9 Å². The maximum atomic E-state index is 12.0. The number of carbonyl (C=O) groups excluding carboxylic acids is 1. The van der Waals surface area contributed by atoms with Crippen molar-refractivity contribution < 1.29 is 23.7 Å². The van der Waals surface area contributed by atoms with Crippen LogP contribution in [0.25, 0.3) is 0 Å². The van der Waals surface area contributed by atoms with Crippen molar-refractivity contribution in [1.82, 2.24) is 10.6 Å². The Morgan fingerprint density at radius 1 is 0.800 bits per heavy atom. The Balaban J connectivity index is 1.21. The summed E-state index contributed by atoms with van der Waals surface area (Å²) in [6.07, 6.45) is 0. The van der Waals surface area contributed by atoms with Gasteiger partial charge in [-0.05, 0) is 35.4 Å². The fourth-order valence-electron chi connectivity index (χ4n) is 2.69. The lowest BCUT2D eigenvalue weighted by Crippen LogP contribution is -2.33. The molecule has 2 aromatic rings. The Kier molecular flexibility index (Phi) is 4.30. The maximum Gasteiger partial charge on any atom is 0.234 e. The first kappa shape index (κ1) is 15.6. The molecular formula is C18H18N2O5. The van der Waals surface area contributed by atoms with Crippen LogP contribution in [0.1, 0.15) is 11.1 Å². The van der Waals surface area contributed by atoms with Gasteiger partial charge in [0, 0.05) is 13.1 Å². The van der Waals surface area contributed by atoms with Crippen LogP contribution in [0.2, 0.25) is 0 Å². The lowest BCUT2D eigenvalue weighted by molar-refractivity contribution is -0.120. The van der Waals surface area contributed by atoms with E-state index in [-0.39, 0.29) is 26.0 Å². The van der Waals surface area contributed by atoms with Crippen molar-refractivity contribution in [3.8, 4) is 23.0 Å². The van der Waals surface area contributed by atoms with Gasteiger partial charge in [0.25, 0.3) is 0 Å². The summed E-state index contributed by atoms with van der Waals surface area (Å²) in [5.74, 6) is 2.88. The van der Waals surface area contributed by atoms with Crippen LogP contribution in [0.3, 0.4) is 0 Å². The van der Waals surface area contributed by atoms with E-state index in [1.54, 1.807) is 0 Å². The topological polar surface area (TPSA) is 78.1 Å². The summed E-state index contributed by atoms with van der Waals surface area (Å²) in [7, 11) is 0. The molecule has 7 nitrogen and oxygen atoms in total. The minimum absolute atomic E-state index is 0.0709. The van der Waals surface area contributed by atoms with E-state index >= 15 is 0 Å². The summed E-state index contributed by atoms with van der Waals surface area (Å²) in [6, 6.07) is 11.4. The molecule has 0 aliphatic carbocycles. The third-order valence-corrected chi connectivity index (χ3v) is 3.98. The smallest absolute Gasteiger partial charge is 0.234 e. The van der Waals surface area contributed by atoms with Crippen molar-refractivity contribution >= 4 is 5.91 Å². The molecule has 0 aromatic heterocycles. The zero-order valence-electron chi connectivity index (χ0n) is 13.5. The molecule has 0 fully saturated rings. The summed E-state index contributed by atoms with van der Waals surface area (Å²) < 4.78 is 21.2. The van der Waals surface area contributed by atoms with Crippen LogP contribution in [0, 0.1) is 0 Å². The maximum absolute atomic E-state index is 12.0. The molecule has 2 aromatic carbocycles. The molecule has 0 atom stereocenters. The quantitative estimate of drug-likeness (QED) is 0.829. The van der Waals surface area contributed by atoms with E-state index in [1.807, 2.05) is 36.4 Å². The average Bonchev–Trinajstić information content (AvgIpc) is 3.28. The Morgan fingerprint density at radius 2 is 1.36 bits per heavy atom. The van der Waals surface area contributed by atoms with Gasteiger partial charge in [-0.1, -0.05) is 12.1 Å². The summed E-state index contributed by atoms with van der Waals surface area (Å²) in [5, 5.41) is 5.99. The molecule has 2 N–H and O–H groups in total. The summed E-state index contributed by atoms with van der Waals surface area (Å²) in [6.45, 7) is 1.76. The summed E-state index contributed by atoms with van der Waals surface area (Å²) in [4.78, 5) is 12.0. The van der Waals surface area contributed by atoms with Crippen molar-refractivity contribution in [1.29, 1.82) is 0 Å². The molecule has 2 aliphatic heterocycles. The van der Waals surface area contributed by atoms with Crippen molar-refractivity contribution in [3.05, 3.63) is 47.5 Å². The second kappa shape index (κ2) is 6.90. The number of amides is 1. The highest BCUT2D eigenvalue weighted by Gasteiger charge is 2.14. The molecule has 0 spiro atoms. The van der Waals surface area contributed by atoms with Gasteiger partial charge >= 0.3 is 0 Å². The Labute approximate surface area is 144 Å². The third-order valence-electron chi connectivity index (χ3n) is 3.98. The number of benzene rings is 2. The highest BCUT2D eigenvalue weighted by molar-refractivity contribution is 5.78. The monoisotopic (exact) mass is 342 g/mol. The number of carbonyl (C=O) groups is 1. The number of hydrogen-bond donors (Lipinski definition) is 2. The molecular weight excluding hydrogens is 324 g/mol. The molecule has 25 heavy (non-hydrogen) atoms. The first-order valence-electron chi connectivity index (χ1n) is 8.02. The average molecular weight is 342 g/mol. The molecule has 1 amide bonds. The standard InChI is InChI=1S/C18H18N2O5/c21-18(20-8-13-2-4-15-17(6-13)25-11-23-15)9-19-7-12-1-3-14-16(5-12)24-10-22-14/h1-6,19H,7-11H2,(H,20,21). The highest BCUT2D eigenvalue weighted by atomic mass is 16.7. The first-order valence-corrected chi connectivity index (χ1v) is 8.02. The van der Waals surface area contributed by atoms with Crippen LogP contribution in [0.5, 0.6) is 23.0 Å². The fourth-order valence-corrected chi connectivity index (χ4v) is 2.69. The van der Waals surface area contributed by atoms with E-state index in [0.29, 0.717) is 18.8 Å². The van der Waals surface area contributed by atoms with E-state index in [0.717, 1.165) is 28.4 Å². The number of nitrogens with one attached hydrogen (secondary N) is 2. The molecule has 2 aliphatic rings. The molecule has 0 saturated carbocycles. The number of hydrogen-bond acceptors (Lipinski definition) is 6. The second-order valence-electron chi connectivity index (χ2n) is 5.76. The summed E-state index contributed by atoms with van der Waals surface area (Å²) >= 11 is 0. The van der Waals surface area contributed by atoms with E-state index in [2.05, 4.69) is 10.6 Å². The van der Waals surface area contributed by atoms with Crippen molar-refractivity contribution in [2.24, 2.45) is 0 Å². The van der Waals surface area contributed by atoms with E-state index in [9.17, 15) is 4.79 Å². The van der Waals surface area contributed by atoms with Crippen LogP contribution in [-0.4, -0.2) is 26.0 Å². The molecule has 2 heterocycles. The molecule has 7 heteroatoms. The van der Waals surface area contributed by atoms with Crippen molar-refractivity contribution in [2.75, 3.05) is 20.1 Å². The normalized spacial score (nSPS) is 13.8. The SMILES string of the molecule is O=C(CNCc1ccc2c(c1)OCO2)NCc1ccc2c(c1)OCO2. The van der Waals surface area contributed by atoms with Crippen LogP contribution in [0.15, 0.2) is 36.4 Å². The van der Waals surface area contributed by atoms with Crippen LogP contribution >= 0.6 is 0 Å². The van der Waals surface area contributed by atoms with Crippen LogP contribution in [0.4, 0.5) is 0 Å². The Hall–Kier alpha value is -2.93. The van der Waals surface area contributed by atoms with Gasteiger partial charge in [0.1, 0.15) is 0 Å². The third kappa shape index (κ3) is 3.61.